The number of carbonyl (C=O) groups excluding carboxylic acids is 1. The number of likely N-dealkylation sites (N-methyl/N-ethyl adjacent to an activating group) is 1. The summed E-state index contributed by atoms with van der Waals surface area (Å²) in [6.45, 7) is 8.56. The molecule has 1 aromatic carbocycles. The summed E-state index contributed by atoms with van der Waals surface area (Å²) < 4.78 is 5.00. The monoisotopic (exact) mass is 315 g/mol. The Labute approximate surface area is 137 Å². The van der Waals surface area contributed by atoms with Crippen LogP contribution in [-0.2, 0) is 11.2 Å². The van der Waals surface area contributed by atoms with E-state index in [2.05, 4.69) is 41.4 Å². The van der Waals surface area contributed by atoms with E-state index in [9.17, 15) is 4.79 Å². The van der Waals surface area contributed by atoms with E-state index in [1.807, 2.05) is 25.1 Å². The van der Waals surface area contributed by atoms with Crippen LogP contribution >= 0.6 is 0 Å². The average molecular weight is 315 g/mol. The maximum atomic E-state index is 12.1. The topological polar surface area (TPSA) is 58.4 Å². The van der Waals surface area contributed by atoms with Gasteiger partial charge in [-0.1, -0.05) is 49.3 Å². The van der Waals surface area contributed by atoms with Crippen LogP contribution < -0.4 is 5.32 Å². The third-order valence-corrected chi connectivity index (χ3v) is 3.95. The molecule has 124 valence electrons. The minimum absolute atomic E-state index is 0.0358. The van der Waals surface area contributed by atoms with Crippen LogP contribution in [0.4, 0.5) is 0 Å². The van der Waals surface area contributed by atoms with Crippen LogP contribution in [0.3, 0.4) is 0 Å². The molecule has 2 aromatic rings. The van der Waals surface area contributed by atoms with Gasteiger partial charge in [0.2, 0.25) is 5.91 Å². The zero-order valence-electron chi connectivity index (χ0n) is 14.1. The fourth-order valence-electron chi connectivity index (χ4n) is 2.74. The molecule has 0 aliphatic carbocycles. The van der Waals surface area contributed by atoms with Crippen LogP contribution in [0.25, 0.3) is 0 Å². The Hall–Kier alpha value is -2.14. The van der Waals surface area contributed by atoms with Crippen LogP contribution in [-0.4, -0.2) is 35.6 Å². The molecule has 5 heteroatoms. The summed E-state index contributed by atoms with van der Waals surface area (Å²) in [6, 6.07) is 12.3. The maximum absolute atomic E-state index is 12.1. The van der Waals surface area contributed by atoms with E-state index in [0.29, 0.717) is 12.2 Å². The summed E-state index contributed by atoms with van der Waals surface area (Å²) in [4.78, 5) is 14.5. The standard InChI is InChI=1S/C18H25N3O2/c1-4-21(5-2)17(15-9-7-6-8-10-15)13-19-18(22)12-16-11-14(3)23-20-16/h6-11,17H,4-5,12-13H2,1-3H3,(H,19,22). The second-order valence-electron chi connectivity index (χ2n) is 5.56. The van der Waals surface area contributed by atoms with E-state index in [1.54, 1.807) is 6.07 Å². The number of hydrogen-bond acceptors (Lipinski definition) is 4. The molecule has 0 radical (unpaired) electrons. The third kappa shape index (κ3) is 4.93. The molecular weight excluding hydrogens is 290 g/mol. The van der Waals surface area contributed by atoms with E-state index in [0.717, 1.165) is 18.8 Å². The molecule has 1 unspecified atom stereocenters. The number of nitrogens with zero attached hydrogens (tertiary/aromatic N) is 2. The molecule has 1 aromatic heterocycles. The van der Waals surface area contributed by atoms with Gasteiger partial charge in [-0.05, 0) is 25.6 Å². The fraction of sp³-hybridized carbons (Fsp3) is 0.444. The summed E-state index contributed by atoms with van der Waals surface area (Å²) in [5, 5.41) is 6.89. The highest BCUT2D eigenvalue weighted by Gasteiger charge is 2.19. The summed E-state index contributed by atoms with van der Waals surface area (Å²) in [6.07, 6.45) is 0.247. The smallest absolute Gasteiger partial charge is 0.226 e. The lowest BCUT2D eigenvalue weighted by Crippen LogP contribution is -2.38. The van der Waals surface area contributed by atoms with Crippen molar-refractivity contribution in [1.29, 1.82) is 0 Å². The molecule has 1 heterocycles. The zero-order chi connectivity index (χ0) is 16.7. The SMILES string of the molecule is CCN(CC)C(CNC(=O)Cc1cc(C)on1)c1ccccc1. The van der Waals surface area contributed by atoms with Crippen molar-refractivity contribution >= 4 is 5.91 Å². The molecule has 0 spiro atoms. The number of carbonyl (C=O) groups is 1. The number of amides is 1. The molecule has 1 N–H and O–H groups in total. The van der Waals surface area contributed by atoms with Crippen LogP contribution in [0.15, 0.2) is 40.9 Å². The number of hydrogen-bond donors (Lipinski definition) is 1. The number of aromatic nitrogens is 1. The summed E-state index contributed by atoms with van der Waals surface area (Å²) in [5.41, 5.74) is 1.88. The van der Waals surface area contributed by atoms with Gasteiger partial charge in [0.25, 0.3) is 0 Å². The average Bonchev–Trinajstić information content (AvgIpc) is 2.97. The van der Waals surface area contributed by atoms with Gasteiger partial charge in [0, 0.05) is 12.6 Å². The van der Waals surface area contributed by atoms with Crippen molar-refractivity contribution in [3.05, 3.63) is 53.4 Å². The Morgan fingerprint density at radius 1 is 1.26 bits per heavy atom. The number of rotatable bonds is 8. The molecule has 1 atom stereocenters. The van der Waals surface area contributed by atoms with Crippen LogP contribution in [0.1, 0.15) is 36.9 Å². The minimum atomic E-state index is -0.0358. The Balaban J connectivity index is 1.99. The fourth-order valence-corrected chi connectivity index (χ4v) is 2.74. The summed E-state index contributed by atoms with van der Waals surface area (Å²) in [7, 11) is 0. The van der Waals surface area contributed by atoms with Gasteiger partial charge in [0.1, 0.15) is 5.76 Å². The quantitative estimate of drug-likeness (QED) is 0.814. The van der Waals surface area contributed by atoms with E-state index in [-0.39, 0.29) is 18.4 Å². The lowest BCUT2D eigenvalue weighted by molar-refractivity contribution is -0.120. The molecular formula is C18H25N3O2. The van der Waals surface area contributed by atoms with Crippen molar-refractivity contribution in [3.63, 3.8) is 0 Å². The predicted molar refractivity (Wildman–Crippen MR) is 90.1 cm³/mol. The maximum Gasteiger partial charge on any atom is 0.226 e. The van der Waals surface area contributed by atoms with E-state index < -0.39 is 0 Å². The normalized spacial score (nSPS) is 12.3. The molecule has 2 rings (SSSR count). The highest BCUT2D eigenvalue weighted by atomic mass is 16.5. The zero-order valence-corrected chi connectivity index (χ0v) is 14.1. The highest BCUT2D eigenvalue weighted by Crippen LogP contribution is 2.19. The van der Waals surface area contributed by atoms with Gasteiger partial charge in [-0.3, -0.25) is 9.69 Å². The van der Waals surface area contributed by atoms with Gasteiger partial charge in [-0.25, -0.2) is 0 Å². The molecule has 0 saturated carbocycles. The van der Waals surface area contributed by atoms with E-state index in [1.165, 1.54) is 5.56 Å². The molecule has 0 bridgehead atoms. The molecule has 0 aliphatic rings. The molecule has 0 saturated heterocycles. The van der Waals surface area contributed by atoms with E-state index >= 15 is 0 Å². The summed E-state index contributed by atoms with van der Waals surface area (Å²) in [5.74, 6) is 0.685. The van der Waals surface area contributed by atoms with Gasteiger partial charge < -0.3 is 9.84 Å². The van der Waals surface area contributed by atoms with Gasteiger partial charge in [-0.15, -0.1) is 0 Å². The van der Waals surface area contributed by atoms with Gasteiger partial charge in [-0.2, -0.15) is 0 Å². The second kappa shape index (κ2) is 8.48. The van der Waals surface area contributed by atoms with Gasteiger partial charge in [0.05, 0.1) is 18.2 Å². The Morgan fingerprint density at radius 3 is 2.52 bits per heavy atom. The van der Waals surface area contributed by atoms with E-state index in [4.69, 9.17) is 4.52 Å². The third-order valence-electron chi connectivity index (χ3n) is 3.95. The molecule has 0 aliphatic heterocycles. The van der Waals surface area contributed by atoms with Crippen molar-refractivity contribution < 1.29 is 9.32 Å². The Kier molecular flexibility index (Phi) is 6.35. The molecule has 0 fully saturated rings. The predicted octanol–water partition coefficient (Wildman–Crippen LogP) is 2.72. The number of aryl methyl sites for hydroxylation is 1. The molecule has 1 amide bonds. The summed E-state index contributed by atoms with van der Waals surface area (Å²) >= 11 is 0. The number of benzene rings is 1. The van der Waals surface area contributed by atoms with Crippen molar-refractivity contribution in [3.8, 4) is 0 Å². The van der Waals surface area contributed by atoms with Crippen molar-refractivity contribution in [1.82, 2.24) is 15.4 Å². The minimum Gasteiger partial charge on any atom is -0.361 e. The first-order chi connectivity index (χ1) is 11.1. The first-order valence-corrected chi connectivity index (χ1v) is 8.11. The first kappa shape index (κ1) is 17.2. The van der Waals surface area contributed by atoms with Crippen LogP contribution in [0, 0.1) is 6.92 Å². The van der Waals surface area contributed by atoms with Gasteiger partial charge >= 0.3 is 0 Å². The van der Waals surface area contributed by atoms with Crippen LogP contribution in [0.5, 0.6) is 0 Å². The molecule has 23 heavy (non-hydrogen) atoms. The Morgan fingerprint density at radius 2 is 1.96 bits per heavy atom. The van der Waals surface area contributed by atoms with Crippen LogP contribution in [0.2, 0.25) is 0 Å². The Bertz CT molecular complexity index is 606. The lowest BCUT2D eigenvalue weighted by Gasteiger charge is -2.30. The van der Waals surface area contributed by atoms with Gasteiger partial charge in [0.15, 0.2) is 0 Å². The van der Waals surface area contributed by atoms with Crippen molar-refractivity contribution in [2.24, 2.45) is 0 Å². The number of nitrogens with one attached hydrogen (secondary N) is 1. The lowest BCUT2D eigenvalue weighted by atomic mass is 10.0. The first-order valence-electron chi connectivity index (χ1n) is 8.11. The second-order valence-corrected chi connectivity index (χ2v) is 5.56. The van der Waals surface area contributed by atoms with Crippen molar-refractivity contribution in [2.45, 2.75) is 33.2 Å². The largest absolute Gasteiger partial charge is 0.361 e. The highest BCUT2D eigenvalue weighted by molar-refractivity contribution is 5.78. The molecule has 5 nitrogen and oxygen atoms in total. The van der Waals surface area contributed by atoms with Crippen molar-refractivity contribution in [2.75, 3.05) is 19.6 Å².